The molecule has 4 aromatic carbocycles. The Balaban J connectivity index is 0.000000119. The summed E-state index contributed by atoms with van der Waals surface area (Å²) < 4.78 is 8.51. The molecule has 8 aromatic heterocycles. The van der Waals surface area contributed by atoms with Crippen molar-refractivity contribution in [2.75, 3.05) is 0 Å². The molecule has 0 saturated carbocycles. The largest absolute Gasteiger partial charge is 0.287 e. The molecule has 0 saturated heterocycles. The van der Waals surface area contributed by atoms with Crippen LogP contribution in [-0.4, -0.2) is 64.8 Å². The van der Waals surface area contributed by atoms with Gasteiger partial charge in [0.1, 0.15) is 41.8 Å². The van der Waals surface area contributed by atoms with E-state index in [0.717, 1.165) is 88.0 Å². The molecule has 4 aliphatic rings. The van der Waals surface area contributed by atoms with Crippen molar-refractivity contribution < 1.29 is 18.3 Å². The average Bonchev–Trinajstić information content (AvgIpc) is 1.57. The molecule has 0 unspecified atom stereocenters. The summed E-state index contributed by atoms with van der Waals surface area (Å²) in [7, 11) is 8.26. The zero-order valence-electron chi connectivity index (χ0n) is 60.0. The van der Waals surface area contributed by atoms with E-state index in [1.165, 1.54) is 147 Å². The lowest BCUT2D eigenvalue weighted by Crippen LogP contribution is -2.33. The second kappa shape index (κ2) is 28.1. The number of fused-ring (bicyclic) bond motifs is 4. The molecule has 17 heteroatoms. The highest BCUT2D eigenvalue weighted by Crippen LogP contribution is 2.41. The molecule has 0 fully saturated rings. The van der Waals surface area contributed by atoms with Crippen LogP contribution in [0.1, 0.15) is 135 Å². The molecule has 8 heterocycles. The maximum absolute atomic E-state index is 4.71. The number of rotatable bonds is 8. The van der Waals surface area contributed by atoms with Crippen LogP contribution in [0, 0.1) is 83.1 Å². The van der Waals surface area contributed by atoms with Gasteiger partial charge in [0.05, 0.1) is 79.2 Å². The first-order chi connectivity index (χ1) is 48.2. The molecule has 496 valence electrons. The first-order valence-corrected chi connectivity index (χ1v) is 33.8. The van der Waals surface area contributed by atoms with Crippen molar-refractivity contribution in [1.29, 1.82) is 0 Å². The lowest BCUT2D eigenvalue weighted by Gasteiger charge is -2.13. The van der Waals surface area contributed by atoms with Crippen LogP contribution < -0.4 is 18.3 Å². The van der Waals surface area contributed by atoms with Gasteiger partial charge in [-0.25, -0.2) is 53.2 Å². The molecule has 0 amide bonds. The molecule has 0 bridgehead atoms. The summed E-state index contributed by atoms with van der Waals surface area (Å²) in [5.74, 6) is 1.42. The number of benzene rings is 4. The Bertz CT molecular complexity index is 4680. The van der Waals surface area contributed by atoms with Crippen molar-refractivity contribution in [2.45, 2.75) is 109 Å². The van der Waals surface area contributed by atoms with Gasteiger partial charge in [-0.15, -0.1) is 0 Å². The number of hydrogen-bond acceptors (Lipinski definition) is 13. The summed E-state index contributed by atoms with van der Waals surface area (Å²) in [4.78, 5) is 57.2. The smallest absolute Gasteiger partial charge is 0.261 e. The topological polar surface area (TPSA) is 183 Å². The second-order valence-electron chi connectivity index (χ2n) is 26.6. The first kappa shape index (κ1) is 67.0. The summed E-state index contributed by atoms with van der Waals surface area (Å²) >= 11 is 0. The third-order valence-corrected chi connectivity index (χ3v) is 19.7. The maximum atomic E-state index is 4.71. The van der Waals surface area contributed by atoms with Crippen molar-refractivity contribution in [2.24, 2.45) is 28.2 Å². The van der Waals surface area contributed by atoms with Gasteiger partial charge in [-0.3, -0.25) is 9.97 Å². The van der Waals surface area contributed by atoms with Crippen molar-refractivity contribution >= 4 is 22.3 Å². The zero-order valence-corrected chi connectivity index (χ0v) is 60.0. The zero-order chi connectivity index (χ0) is 70.2. The summed E-state index contributed by atoms with van der Waals surface area (Å²) in [6.07, 6.45) is 35.0. The van der Waals surface area contributed by atoms with Crippen LogP contribution in [0.25, 0.3) is 67.3 Å². The lowest BCUT2D eigenvalue weighted by atomic mass is 9.94. The Morgan fingerprint density at radius 1 is 0.300 bits per heavy atom. The maximum Gasteiger partial charge on any atom is 0.287 e. The van der Waals surface area contributed by atoms with Crippen molar-refractivity contribution in [3.05, 3.63) is 301 Å². The minimum atomic E-state index is 0.679. The van der Waals surface area contributed by atoms with E-state index in [0.29, 0.717) is 5.82 Å². The molecule has 0 aliphatic heterocycles. The van der Waals surface area contributed by atoms with Gasteiger partial charge in [0.15, 0.2) is 34.4 Å². The molecule has 0 radical (unpaired) electrons. The predicted octanol–water partition coefficient (Wildman–Crippen LogP) is 12.5. The Kier molecular flexibility index (Phi) is 18.8. The fraction of sp³-hybridized carbons (Fsp3) is 0.241. The Morgan fingerprint density at radius 3 is 0.990 bits per heavy atom. The molecular weight excluding hydrogens is 1240 g/mol. The van der Waals surface area contributed by atoms with Gasteiger partial charge in [-0.05, 0) is 184 Å². The molecule has 4 aliphatic carbocycles. The van der Waals surface area contributed by atoms with Crippen LogP contribution in [0.3, 0.4) is 0 Å². The highest BCUT2D eigenvalue weighted by Gasteiger charge is 2.35. The van der Waals surface area contributed by atoms with E-state index in [-0.39, 0.29) is 0 Å². The first-order valence-electron chi connectivity index (χ1n) is 33.8. The molecule has 12 aromatic rings. The highest BCUT2D eigenvalue weighted by molar-refractivity contribution is 5.87. The molecule has 0 spiro atoms. The molecule has 0 N–H and O–H groups in total. The van der Waals surface area contributed by atoms with E-state index in [2.05, 4.69) is 252 Å². The van der Waals surface area contributed by atoms with Crippen LogP contribution in [0.5, 0.6) is 0 Å². The normalized spacial score (nSPS) is 12.9. The van der Waals surface area contributed by atoms with Crippen LogP contribution >= 0.6 is 0 Å². The Hall–Kier alpha value is -11.6. The molecular formula is C83H83N17+4. The Labute approximate surface area is 585 Å². The van der Waals surface area contributed by atoms with Gasteiger partial charge in [0.2, 0.25) is 0 Å². The van der Waals surface area contributed by atoms with Crippen molar-refractivity contribution in [3.8, 4) is 45.0 Å². The minimum Gasteiger partial charge on any atom is -0.261 e. The summed E-state index contributed by atoms with van der Waals surface area (Å²) in [5.41, 5.74) is 40.7. The van der Waals surface area contributed by atoms with E-state index in [4.69, 9.17) is 15.0 Å². The summed E-state index contributed by atoms with van der Waals surface area (Å²) in [6, 6.07) is 21.8. The lowest BCUT2D eigenvalue weighted by molar-refractivity contribution is -0.664. The molecule has 100 heavy (non-hydrogen) atoms. The van der Waals surface area contributed by atoms with Gasteiger partial charge < -0.3 is 0 Å². The second-order valence-corrected chi connectivity index (χ2v) is 26.6. The van der Waals surface area contributed by atoms with Gasteiger partial charge in [-0.2, -0.15) is 0 Å². The van der Waals surface area contributed by atoms with Gasteiger partial charge in [0, 0.05) is 90.1 Å². The number of aromatic nitrogens is 17. The van der Waals surface area contributed by atoms with E-state index in [9.17, 15) is 0 Å². The van der Waals surface area contributed by atoms with Crippen molar-refractivity contribution in [3.63, 3.8) is 0 Å². The van der Waals surface area contributed by atoms with Crippen LogP contribution in [-0.2, 0) is 53.9 Å². The Morgan fingerprint density at radius 2 is 0.640 bits per heavy atom. The van der Waals surface area contributed by atoms with Gasteiger partial charge >= 0.3 is 0 Å². The van der Waals surface area contributed by atoms with Crippen LogP contribution in [0.4, 0.5) is 0 Å². The van der Waals surface area contributed by atoms with E-state index in [1.807, 2.05) is 37.4 Å². The fourth-order valence-corrected chi connectivity index (χ4v) is 14.4. The van der Waals surface area contributed by atoms with Crippen LogP contribution in [0.15, 0.2) is 166 Å². The number of hydrogen-bond donors (Lipinski definition) is 0. The fourth-order valence-electron chi connectivity index (χ4n) is 14.4. The molecule has 16 rings (SSSR count). The van der Waals surface area contributed by atoms with Gasteiger partial charge in [-0.1, -0.05) is 70.8 Å². The quantitative estimate of drug-likeness (QED) is 0.131. The predicted molar refractivity (Wildman–Crippen MR) is 389 cm³/mol. The van der Waals surface area contributed by atoms with E-state index >= 15 is 0 Å². The van der Waals surface area contributed by atoms with Crippen molar-refractivity contribution in [1.82, 2.24) is 64.8 Å². The number of aryl methyl sites for hydroxylation is 12. The number of nitrogens with zero attached hydrogens (tertiary/aromatic N) is 17. The third kappa shape index (κ3) is 13.0. The third-order valence-electron chi connectivity index (χ3n) is 19.7. The highest BCUT2D eigenvalue weighted by atomic mass is 15.0. The average molecular weight is 1320 g/mol. The number of allylic oxidation sites excluding steroid dienone is 4. The molecule has 17 nitrogen and oxygen atoms in total. The SMILES string of the molecule is Cc1cc(C)c(C)c(-c2c3c(nc[n+]2C)C(c2ccncn2)=CC3)c1.Cc1cc(C)c(C)c(-c2c3c(nc[n+]2C)C(c2cnccn2)=CC3)c1.Cc1cc(C)c(C)c(-c2c3c(nc[n+]2C)C(c2ncccn2)=CC3)c1.Cc1cc(C)c(C)c(-c2c3c(nc[n+]2C)C(c2ncncn2)=CC3)c1. The van der Waals surface area contributed by atoms with Crippen LogP contribution in [0.2, 0.25) is 0 Å². The monoisotopic (exact) mass is 1320 g/mol. The minimum absolute atomic E-state index is 0.679. The standard InChI is InChI=1S/3C21H21N4.C20H20N5/c1-13-10-14(2)15(3)18(11-13)20-16-6-7-17(19(16)24-12-25(20)4)21-22-8-5-9-23-21;1-13-9-14(2)15(3)18(10-13)21-17-6-5-16(19-11-22-7-8-23-19)20(17)24-12-25(21)4;1-13-9-14(2)15(3)18(10-13)21-17-6-5-16(19-7-8-22-11-23-19)20(17)24-12-25(21)4;1-12-7-13(2)14(3)17(8-12)19-15-5-6-16(18(15)24-11-25(19)4)20-22-9-21-10-23-20/h3*5,7-12H,6H2,1-4H3;6-11H,5H2,1-4H3/q4*+1. The summed E-state index contributed by atoms with van der Waals surface area (Å²) in [5, 5.41) is 0. The summed E-state index contributed by atoms with van der Waals surface area (Å²) in [6.45, 7) is 26.1. The molecule has 0 atom stereocenters. The van der Waals surface area contributed by atoms with E-state index in [1.54, 1.807) is 43.5 Å². The van der Waals surface area contributed by atoms with E-state index < -0.39 is 0 Å². The van der Waals surface area contributed by atoms with Gasteiger partial charge in [0.25, 0.3) is 25.3 Å².